The Hall–Kier alpha value is -2.89. The first kappa shape index (κ1) is 18.4. The number of rotatable bonds is 7. The largest absolute Gasteiger partial charge is 0.495 e. The highest BCUT2D eigenvalue weighted by molar-refractivity contribution is 5.96. The van der Waals surface area contributed by atoms with Gasteiger partial charge >= 0.3 is 0 Å². The quantitative estimate of drug-likeness (QED) is 0.805. The molecule has 2 aromatic rings. The second kappa shape index (κ2) is 8.28. The lowest BCUT2D eigenvalue weighted by Crippen LogP contribution is -2.32. The first-order valence-corrected chi connectivity index (χ1v) is 7.92. The van der Waals surface area contributed by atoms with Crippen molar-refractivity contribution in [3.8, 4) is 17.2 Å². The summed E-state index contributed by atoms with van der Waals surface area (Å²) in [6, 6.07) is 10.5. The minimum Gasteiger partial charge on any atom is -0.495 e. The number of hydrogen-bond acceptors (Lipinski definition) is 5. The molecule has 0 bridgehead atoms. The summed E-state index contributed by atoms with van der Waals surface area (Å²) in [5, 5.41) is 6.04. The van der Waals surface area contributed by atoms with Gasteiger partial charge in [0.2, 0.25) is 5.91 Å². The molecule has 2 rings (SSSR count). The Balaban J connectivity index is 2.09. The van der Waals surface area contributed by atoms with Gasteiger partial charge in [0.05, 0.1) is 27.0 Å². The van der Waals surface area contributed by atoms with E-state index in [1.165, 1.54) is 0 Å². The molecule has 25 heavy (non-hydrogen) atoms. The smallest absolute Gasteiger partial charge is 0.246 e. The van der Waals surface area contributed by atoms with Crippen LogP contribution in [-0.2, 0) is 4.79 Å². The van der Waals surface area contributed by atoms with Crippen LogP contribution in [0.2, 0.25) is 0 Å². The molecule has 2 N–H and O–H groups in total. The van der Waals surface area contributed by atoms with Crippen LogP contribution in [-0.4, -0.2) is 33.3 Å². The van der Waals surface area contributed by atoms with E-state index < -0.39 is 6.04 Å². The molecule has 0 unspecified atom stereocenters. The van der Waals surface area contributed by atoms with Crippen molar-refractivity contribution in [1.29, 1.82) is 0 Å². The Labute approximate surface area is 148 Å². The molecule has 0 aromatic heterocycles. The van der Waals surface area contributed by atoms with E-state index in [0.29, 0.717) is 22.9 Å². The van der Waals surface area contributed by atoms with Crippen molar-refractivity contribution in [2.24, 2.45) is 0 Å². The molecule has 6 nitrogen and oxygen atoms in total. The fraction of sp³-hybridized carbons (Fsp3) is 0.316. The first-order valence-electron chi connectivity index (χ1n) is 7.92. The molecule has 1 atom stereocenters. The van der Waals surface area contributed by atoms with Gasteiger partial charge in [-0.1, -0.05) is 6.07 Å². The molecular weight excluding hydrogens is 320 g/mol. The van der Waals surface area contributed by atoms with E-state index >= 15 is 0 Å². The maximum atomic E-state index is 12.5. The highest BCUT2D eigenvalue weighted by Gasteiger charge is 2.16. The summed E-state index contributed by atoms with van der Waals surface area (Å²) in [7, 11) is 4.72. The molecule has 0 radical (unpaired) electrons. The van der Waals surface area contributed by atoms with E-state index in [0.717, 1.165) is 11.3 Å². The van der Waals surface area contributed by atoms with Crippen molar-refractivity contribution in [2.45, 2.75) is 19.9 Å². The second-order valence-electron chi connectivity index (χ2n) is 5.63. The van der Waals surface area contributed by atoms with Crippen molar-refractivity contribution < 1.29 is 19.0 Å². The highest BCUT2D eigenvalue weighted by atomic mass is 16.5. The summed E-state index contributed by atoms with van der Waals surface area (Å²) >= 11 is 0. The number of ether oxygens (including phenoxy) is 3. The minimum atomic E-state index is -0.455. The Kier molecular flexibility index (Phi) is 6.11. The van der Waals surface area contributed by atoms with Gasteiger partial charge in [-0.2, -0.15) is 0 Å². The lowest BCUT2D eigenvalue weighted by molar-refractivity contribution is -0.116. The lowest BCUT2D eigenvalue weighted by Gasteiger charge is -2.18. The van der Waals surface area contributed by atoms with Crippen LogP contribution in [0.15, 0.2) is 36.4 Å². The predicted octanol–water partition coefficient (Wildman–Crippen LogP) is 3.46. The van der Waals surface area contributed by atoms with Crippen molar-refractivity contribution in [1.82, 2.24) is 0 Å². The van der Waals surface area contributed by atoms with E-state index in [-0.39, 0.29) is 5.91 Å². The van der Waals surface area contributed by atoms with Crippen molar-refractivity contribution in [3.05, 3.63) is 42.0 Å². The zero-order chi connectivity index (χ0) is 18.4. The van der Waals surface area contributed by atoms with Gasteiger partial charge in [0.25, 0.3) is 0 Å². The van der Waals surface area contributed by atoms with Gasteiger partial charge in [-0.25, -0.2) is 0 Å². The first-order chi connectivity index (χ1) is 12.0. The van der Waals surface area contributed by atoms with Gasteiger partial charge < -0.3 is 24.8 Å². The number of carbonyl (C=O) groups is 1. The zero-order valence-corrected chi connectivity index (χ0v) is 15.2. The number of aryl methyl sites for hydroxylation is 1. The maximum absolute atomic E-state index is 12.5. The minimum absolute atomic E-state index is 0.171. The van der Waals surface area contributed by atoms with Crippen LogP contribution in [0, 0.1) is 6.92 Å². The number of anilines is 2. The normalized spacial score (nSPS) is 11.4. The van der Waals surface area contributed by atoms with Crippen LogP contribution < -0.4 is 24.8 Å². The van der Waals surface area contributed by atoms with E-state index in [1.807, 2.05) is 25.1 Å². The molecule has 0 spiro atoms. The van der Waals surface area contributed by atoms with Crippen LogP contribution in [0.1, 0.15) is 12.5 Å². The summed E-state index contributed by atoms with van der Waals surface area (Å²) in [5.74, 6) is 1.68. The zero-order valence-electron chi connectivity index (χ0n) is 15.2. The van der Waals surface area contributed by atoms with Crippen LogP contribution in [0.4, 0.5) is 11.4 Å². The average molecular weight is 344 g/mol. The third kappa shape index (κ3) is 4.56. The van der Waals surface area contributed by atoms with Crippen LogP contribution in [0.3, 0.4) is 0 Å². The number of benzene rings is 2. The third-order valence-electron chi connectivity index (χ3n) is 3.77. The molecule has 0 heterocycles. The molecule has 1 amide bonds. The van der Waals surface area contributed by atoms with E-state index in [9.17, 15) is 4.79 Å². The van der Waals surface area contributed by atoms with Gasteiger partial charge in [-0.05, 0) is 43.7 Å². The predicted molar refractivity (Wildman–Crippen MR) is 99.0 cm³/mol. The second-order valence-corrected chi connectivity index (χ2v) is 5.63. The molecular formula is C19H24N2O4. The number of carbonyl (C=O) groups excluding carboxylic acids is 1. The molecule has 6 heteroatoms. The van der Waals surface area contributed by atoms with Crippen LogP contribution >= 0.6 is 0 Å². The fourth-order valence-electron chi connectivity index (χ4n) is 2.40. The fourth-order valence-corrected chi connectivity index (χ4v) is 2.40. The molecule has 134 valence electrons. The topological polar surface area (TPSA) is 68.8 Å². The summed E-state index contributed by atoms with van der Waals surface area (Å²) in [6.45, 7) is 3.77. The van der Waals surface area contributed by atoms with Gasteiger partial charge in [0, 0.05) is 11.8 Å². The Bertz CT molecular complexity index is 746. The monoisotopic (exact) mass is 344 g/mol. The van der Waals surface area contributed by atoms with E-state index in [2.05, 4.69) is 10.6 Å². The molecule has 0 aliphatic heterocycles. The Morgan fingerprint density at radius 3 is 2.20 bits per heavy atom. The summed E-state index contributed by atoms with van der Waals surface area (Å²) in [4.78, 5) is 12.5. The molecule has 2 aromatic carbocycles. The maximum Gasteiger partial charge on any atom is 0.246 e. The lowest BCUT2D eigenvalue weighted by atomic mass is 10.2. The van der Waals surface area contributed by atoms with Gasteiger partial charge in [-0.15, -0.1) is 0 Å². The molecule has 0 saturated heterocycles. The molecule has 0 fully saturated rings. The SMILES string of the molecule is COc1ccc(C)cc1N[C@H](C)C(=O)Nc1ccc(OC)c(OC)c1. The number of hydrogen-bond donors (Lipinski definition) is 2. The number of amides is 1. The molecule has 0 saturated carbocycles. The number of nitrogens with one attached hydrogen (secondary N) is 2. The van der Waals surface area contributed by atoms with Crippen molar-refractivity contribution in [3.63, 3.8) is 0 Å². The number of methoxy groups -OCH3 is 3. The summed E-state index contributed by atoms with van der Waals surface area (Å²) in [5.41, 5.74) is 2.49. The highest BCUT2D eigenvalue weighted by Crippen LogP contribution is 2.30. The third-order valence-corrected chi connectivity index (χ3v) is 3.77. The van der Waals surface area contributed by atoms with Gasteiger partial charge in [0.1, 0.15) is 11.8 Å². The summed E-state index contributed by atoms with van der Waals surface area (Å²) in [6.07, 6.45) is 0. The van der Waals surface area contributed by atoms with E-state index in [1.54, 1.807) is 46.5 Å². The van der Waals surface area contributed by atoms with E-state index in [4.69, 9.17) is 14.2 Å². The van der Waals surface area contributed by atoms with Crippen LogP contribution in [0.5, 0.6) is 17.2 Å². The summed E-state index contributed by atoms with van der Waals surface area (Å²) < 4.78 is 15.8. The molecule has 0 aliphatic rings. The van der Waals surface area contributed by atoms with Crippen LogP contribution in [0.25, 0.3) is 0 Å². The molecule has 0 aliphatic carbocycles. The Morgan fingerprint density at radius 1 is 0.920 bits per heavy atom. The van der Waals surface area contributed by atoms with Gasteiger partial charge in [0.15, 0.2) is 11.5 Å². The van der Waals surface area contributed by atoms with Crippen molar-refractivity contribution >= 4 is 17.3 Å². The standard InChI is InChI=1S/C19H24N2O4/c1-12-6-8-16(23-3)15(10-12)20-13(2)19(22)21-14-7-9-17(24-4)18(11-14)25-5/h6-11,13,20H,1-5H3,(H,21,22)/t13-/m1/s1. The van der Waals surface area contributed by atoms with Crippen molar-refractivity contribution in [2.75, 3.05) is 32.0 Å². The average Bonchev–Trinajstić information content (AvgIpc) is 2.61. The Morgan fingerprint density at radius 2 is 1.56 bits per heavy atom. The van der Waals surface area contributed by atoms with Gasteiger partial charge in [-0.3, -0.25) is 4.79 Å².